The third kappa shape index (κ3) is 3.22. The van der Waals surface area contributed by atoms with Crippen LogP contribution in [0.2, 0.25) is 0 Å². The quantitative estimate of drug-likeness (QED) is 0.823. The zero-order chi connectivity index (χ0) is 12.0. The van der Waals surface area contributed by atoms with Gasteiger partial charge in [-0.25, -0.2) is 0 Å². The maximum atomic E-state index is 12.0. The molecule has 0 spiro atoms. The predicted molar refractivity (Wildman–Crippen MR) is 63.5 cm³/mol. The number of carbonyl (C=O) groups excluding carboxylic acids is 1. The lowest BCUT2D eigenvalue weighted by Crippen LogP contribution is -2.33. The fourth-order valence-corrected chi connectivity index (χ4v) is 1.50. The van der Waals surface area contributed by atoms with Gasteiger partial charge in [0, 0.05) is 19.2 Å². The molecule has 0 bridgehead atoms. The van der Waals surface area contributed by atoms with Crippen LogP contribution in [0.3, 0.4) is 0 Å². The van der Waals surface area contributed by atoms with Gasteiger partial charge in [0.05, 0.1) is 0 Å². The highest BCUT2D eigenvalue weighted by Gasteiger charge is 2.13. The topological polar surface area (TPSA) is 53.2 Å². The Balaban J connectivity index is 2.78. The van der Waals surface area contributed by atoms with Crippen LogP contribution < -0.4 is 5.56 Å². The van der Waals surface area contributed by atoms with Gasteiger partial charge in [-0.05, 0) is 19.4 Å². The summed E-state index contributed by atoms with van der Waals surface area (Å²) in [5.74, 6) is -0.103. The van der Waals surface area contributed by atoms with Gasteiger partial charge in [-0.1, -0.05) is 19.4 Å². The summed E-state index contributed by atoms with van der Waals surface area (Å²) in [5, 5.41) is 0. The first kappa shape index (κ1) is 12.5. The van der Waals surface area contributed by atoms with Crippen molar-refractivity contribution in [3.63, 3.8) is 0 Å². The van der Waals surface area contributed by atoms with Crippen molar-refractivity contribution >= 4 is 5.91 Å². The molecule has 0 radical (unpaired) electrons. The van der Waals surface area contributed by atoms with Crippen molar-refractivity contribution in [2.45, 2.75) is 26.7 Å². The Bertz CT molecular complexity index is 398. The molecule has 0 aliphatic heterocycles. The normalized spacial score (nSPS) is 10.1. The van der Waals surface area contributed by atoms with Gasteiger partial charge in [0.1, 0.15) is 5.69 Å². The number of unbranched alkanes of at least 4 members (excludes halogenated alkanes) is 1. The van der Waals surface area contributed by atoms with Crippen molar-refractivity contribution in [1.82, 2.24) is 9.88 Å². The van der Waals surface area contributed by atoms with Gasteiger partial charge in [-0.2, -0.15) is 0 Å². The zero-order valence-electron chi connectivity index (χ0n) is 9.82. The Morgan fingerprint density at radius 3 is 2.69 bits per heavy atom. The van der Waals surface area contributed by atoms with E-state index in [0.717, 1.165) is 19.4 Å². The number of nitrogens with one attached hydrogen (secondary N) is 1. The van der Waals surface area contributed by atoms with Crippen molar-refractivity contribution in [1.29, 1.82) is 0 Å². The van der Waals surface area contributed by atoms with Crippen LogP contribution in [-0.4, -0.2) is 28.9 Å². The third-order valence-electron chi connectivity index (χ3n) is 2.45. The van der Waals surface area contributed by atoms with Crippen molar-refractivity contribution in [2.75, 3.05) is 13.1 Å². The molecule has 1 rings (SSSR count). The molecular formula is C12H18N2O2. The largest absolute Gasteiger partial charge is 0.338 e. The molecule has 0 unspecified atom stereocenters. The van der Waals surface area contributed by atoms with Gasteiger partial charge in [0.2, 0.25) is 5.56 Å². The number of hydrogen-bond donors (Lipinski definition) is 1. The number of carbonyl (C=O) groups is 1. The third-order valence-corrected chi connectivity index (χ3v) is 2.45. The Kier molecular flexibility index (Phi) is 4.76. The van der Waals surface area contributed by atoms with Crippen LogP contribution in [0.1, 0.15) is 37.2 Å². The summed E-state index contributed by atoms with van der Waals surface area (Å²) in [6.07, 6.45) is 2.03. The Morgan fingerprint density at radius 1 is 1.38 bits per heavy atom. The molecule has 0 aromatic carbocycles. The number of H-pyrrole nitrogens is 1. The molecule has 1 aromatic rings. The van der Waals surface area contributed by atoms with Crippen LogP contribution >= 0.6 is 0 Å². The standard InChI is InChI=1S/C12H18N2O2/c1-3-5-9-14(4-2)12(16)10-7-6-8-11(15)13-10/h6-8H,3-5,9H2,1-2H3,(H,13,15). The fourth-order valence-electron chi connectivity index (χ4n) is 1.50. The minimum absolute atomic E-state index is 0.103. The second kappa shape index (κ2) is 6.10. The summed E-state index contributed by atoms with van der Waals surface area (Å²) in [5.41, 5.74) is 0.128. The van der Waals surface area contributed by atoms with Crippen LogP contribution in [0.5, 0.6) is 0 Å². The van der Waals surface area contributed by atoms with Crippen LogP contribution in [0.25, 0.3) is 0 Å². The first-order valence-corrected chi connectivity index (χ1v) is 5.67. The van der Waals surface area contributed by atoms with Gasteiger partial charge in [-0.15, -0.1) is 0 Å². The second-order valence-corrected chi connectivity index (χ2v) is 3.67. The van der Waals surface area contributed by atoms with Crippen LogP contribution in [0.4, 0.5) is 0 Å². The molecule has 0 saturated heterocycles. The monoisotopic (exact) mass is 222 g/mol. The average Bonchev–Trinajstić information content (AvgIpc) is 2.29. The minimum Gasteiger partial charge on any atom is -0.338 e. The summed E-state index contributed by atoms with van der Waals surface area (Å²) < 4.78 is 0. The average molecular weight is 222 g/mol. The van der Waals surface area contributed by atoms with Crippen molar-refractivity contribution < 1.29 is 4.79 Å². The van der Waals surface area contributed by atoms with Gasteiger partial charge in [-0.3, -0.25) is 9.59 Å². The smallest absolute Gasteiger partial charge is 0.270 e. The summed E-state index contributed by atoms with van der Waals surface area (Å²) in [7, 11) is 0. The lowest BCUT2D eigenvalue weighted by atomic mass is 10.2. The van der Waals surface area contributed by atoms with E-state index < -0.39 is 0 Å². The zero-order valence-corrected chi connectivity index (χ0v) is 9.82. The summed E-state index contributed by atoms with van der Waals surface area (Å²) >= 11 is 0. The molecule has 0 saturated carbocycles. The lowest BCUT2D eigenvalue weighted by Gasteiger charge is -2.20. The fraction of sp³-hybridized carbons (Fsp3) is 0.500. The molecule has 16 heavy (non-hydrogen) atoms. The predicted octanol–water partition coefficient (Wildman–Crippen LogP) is 1.64. The van der Waals surface area contributed by atoms with Gasteiger partial charge >= 0.3 is 0 Å². The first-order chi connectivity index (χ1) is 7.69. The molecule has 1 amide bonds. The highest BCUT2D eigenvalue weighted by Crippen LogP contribution is 2.02. The molecule has 4 nitrogen and oxygen atoms in total. The number of aromatic nitrogens is 1. The first-order valence-electron chi connectivity index (χ1n) is 5.67. The van der Waals surface area contributed by atoms with E-state index in [0.29, 0.717) is 12.2 Å². The molecule has 1 N–H and O–H groups in total. The Labute approximate surface area is 95.3 Å². The molecule has 0 atom stereocenters. The summed E-state index contributed by atoms with van der Waals surface area (Å²) in [4.78, 5) is 27.4. The summed E-state index contributed by atoms with van der Waals surface area (Å²) in [6, 6.07) is 4.64. The Hall–Kier alpha value is -1.58. The highest BCUT2D eigenvalue weighted by molar-refractivity contribution is 5.92. The molecule has 0 fully saturated rings. The van der Waals surface area contributed by atoms with E-state index in [1.54, 1.807) is 17.0 Å². The maximum Gasteiger partial charge on any atom is 0.270 e. The molecule has 0 aliphatic rings. The maximum absolute atomic E-state index is 12.0. The van der Waals surface area contributed by atoms with E-state index in [-0.39, 0.29) is 11.5 Å². The molecule has 4 heteroatoms. The van der Waals surface area contributed by atoms with E-state index in [2.05, 4.69) is 11.9 Å². The van der Waals surface area contributed by atoms with Gasteiger partial charge in [0.25, 0.3) is 5.91 Å². The van der Waals surface area contributed by atoms with Gasteiger partial charge < -0.3 is 9.88 Å². The van der Waals surface area contributed by atoms with E-state index in [9.17, 15) is 9.59 Å². The molecule has 1 aromatic heterocycles. The molecule has 88 valence electrons. The van der Waals surface area contributed by atoms with Crippen molar-refractivity contribution in [2.24, 2.45) is 0 Å². The van der Waals surface area contributed by atoms with Crippen molar-refractivity contribution in [3.8, 4) is 0 Å². The van der Waals surface area contributed by atoms with Crippen LogP contribution in [0, 0.1) is 0 Å². The number of rotatable bonds is 5. The summed E-state index contributed by atoms with van der Waals surface area (Å²) in [6.45, 7) is 5.43. The molecular weight excluding hydrogens is 204 g/mol. The number of nitrogens with zero attached hydrogens (tertiary/aromatic N) is 1. The Morgan fingerprint density at radius 2 is 2.12 bits per heavy atom. The van der Waals surface area contributed by atoms with E-state index in [1.165, 1.54) is 6.07 Å². The minimum atomic E-state index is -0.239. The second-order valence-electron chi connectivity index (χ2n) is 3.67. The van der Waals surface area contributed by atoms with Crippen molar-refractivity contribution in [3.05, 3.63) is 34.2 Å². The number of pyridine rings is 1. The van der Waals surface area contributed by atoms with E-state index >= 15 is 0 Å². The lowest BCUT2D eigenvalue weighted by molar-refractivity contribution is 0.0756. The molecule has 0 aliphatic carbocycles. The SMILES string of the molecule is CCCCN(CC)C(=O)c1cccc(=O)[nH]1. The highest BCUT2D eigenvalue weighted by atomic mass is 16.2. The van der Waals surface area contributed by atoms with Crippen LogP contribution in [0.15, 0.2) is 23.0 Å². The van der Waals surface area contributed by atoms with E-state index in [4.69, 9.17) is 0 Å². The molecule has 1 heterocycles. The van der Waals surface area contributed by atoms with Crippen LogP contribution in [-0.2, 0) is 0 Å². The number of hydrogen-bond acceptors (Lipinski definition) is 2. The number of aromatic amines is 1. The van der Waals surface area contributed by atoms with Gasteiger partial charge in [0.15, 0.2) is 0 Å². The number of amides is 1. The van der Waals surface area contributed by atoms with E-state index in [1.807, 2.05) is 6.92 Å².